The minimum Gasteiger partial charge on any atom is -0.464 e. The largest absolute Gasteiger partial charge is 0.464 e. The van der Waals surface area contributed by atoms with E-state index in [0.29, 0.717) is 6.61 Å². The summed E-state index contributed by atoms with van der Waals surface area (Å²) in [6, 6.07) is 6.52. The van der Waals surface area contributed by atoms with Crippen molar-refractivity contribution in [3.8, 4) is 0 Å². The van der Waals surface area contributed by atoms with E-state index in [1.165, 1.54) is 5.69 Å². The van der Waals surface area contributed by atoms with Crippen molar-refractivity contribution in [3.63, 3.8) is 0 Å². The van der Waals surface area contributed by atoms with E-state index in [-0.39, 0.29) is 6.04 Å². The summed E-state index contributed by atoms with van der Waals surface area (Å²) < 4.78 is 13.7. The molecule has 0 bridgehead atoms. The van der Waals surface area contributed by atoms with Gasteiger partial charge in [0.15, 0.2) is 0 Å². The average Bonchev–Trinajstić information content (AvgIpc) is 3.21. The highest BCUT2D eigenvalue weighted by molar-refractivity contribution is 5.12. The molecule has 1 fully saturated rings. The Morgan fingerprint density at radius 2 is 2.18 bits per heavy atom. The molecule has 2 aromatic rings. The third-order valence-electron chi connectivity index (χ3n) is 4.36. The number of rotatable bonds is 6. The molecule has 22 heavy (non-hydrogen) atoms. The monoisotopic (exact) mass is 303 g/mol. The van der Waals surface area contributed by atoms with Crippen LogP contribution in [0.4, 0.5) is 0 Å². The maximum absolute atomic E-state index is 5.95. The highest BCUT2D eigenvalue weighted by Gasteiger charge is 2.27. The molecular weight excluding hydrogens is 278 g/mol. The third kappa shape index (κ3) is 3.25. The number of ether oxygens (including phenoxy) is 1. The number of hydrogen-bond donors (Lipinski definition) is 0. The molecule has 5 heteroatoms. The molecule has 120 valence electrons. The maximum Gasteiger partial charge on any atom is 0.123 e. The molecule has 2 aromatic heterocycles. The summed E-state index contributed by atoms with van der Waals surface area (Å²) in [5, 5.41) is 4.34. The fourth-order valence-corrected chi connectivity index (χ4v) is 3.05. The Balaban J connectivity index is 1.67. The molecule has 1 aliphatic heterocycles. The van der Waals surface area contributed by atoms with Crippen LogP contribution in [0.25, 0.3) is 0 Å². The zero-order valence-electron chi connectivity index (χ0n) is 13.5. The van der Waals surface area contributed by atoms with Crippen molar-refractivity contribution in [2.24, 2.45) is 0 Å². The van der Waals surface area contributed by atoms with E-state index in [9.17, 15) is 0 Å². The van der Waals surface area contributed by atoms with Crippen molar-refractivity contribution >= 4 is 0 Å². The fourth-order valence-electron chi connectivity index (χ4n) is 3.05. The predicted octanol–water partition coefficient (Wildman–Crippen LogP) is 2.67. The molecule has 0 radical (unpaired) electrons. The van der Waals surface area contributed by atoms with Crippen LogP contribution in [0.15, 0.2) is 28.8 Å². The molecule has 3 rings (SSSR count). The Kier molecular flexibility index (Phi) is 4.95. The number of hydrogen-bond acceptors (Lipinski definition) is 4. The number of furan rings is 1. The first kappa shape index (κ1) is 15.3. The van der Waals surface area contributed by atoms with Gasteiger partial charge in [-0.25, -0.2) is 0 Å². The van der Waals surface area contributed by atoms with Gasteiger partial charge >= 0.3 is 0 Å². The smallest absolute Gasteiger partial charge is 0.123 e. The molecule has 0 spiro atoms. The van der Waals surface area contributed by atoms with Crippen molar-refractivity contribution in [1.29, 1.82) is 0 Å². The van der Waals surface area contributed by atoms with Gasteiger partial charge in [-0.3, -0.25) is 9.58 Å². The highest BCUT2D eigenvalue weighted by Crippen LogP contribution is 2.26. The minimum absolute atomic E-state index is 0.229. The molecular formula is C17H25N3O2. The van der Waals surface area contributed by atoms with Gasteiger partial charge in [0.1, 0.15) is 11.5 Å². The van der Waals surface area contributed by atoms with Gasteiger partial charge in [-0.05, 0) is 25.1 Å². The zero-order chi connectivity index (χ0) is 15.4. The van der Waals surface area contributed by atoms with Gasteiger partial charge in [0.05, 0.1) is 19.3 Å². The van der Waals surface area contributed by atoms with Crippen molar-refractivity contribution in [2.75, 3.05) is 26.3 Å². The first-order chi connectivity index (χ1) is 10.8. The number of nitrogens with zero attached hydrogens (tertiary/aromatic N) is 3. The topological polar surface area (TPSA) is 43.4 Å². The molecule has 5 nitrogen and oxygen atoms in total. The molecule has 0 saturated carbocycles. The fraction of sp³-hybridized carbons (Fsp3) is 0.588. The second-order valence-corrected chi connectivity index (χ2v) is 5.67. The lowest BCUT2D eigenvalue weighted by atomic mass is 10.1. The minimum atomic E-state index is 0.229. The van der Waals surface area contributed by atoms with Crippen molar-refractivity contribution in [1.82, 2.24) is 14.7 Å². The normalized spacial score (nSPS) is 19.6. The van der Waals surface area contributed by atoms with Crippen LogP contribution >= 0.6 is 0 Å². The van der Waals surface area contributed by atoms with Gasteiger partial charge in [-0.15, -0.1) is 0 Å². The van der Waals surface area contributed by atoms with Crippen LogP contribution in [0.1, 0.15) is 37.1 Å². The van der Waals surface area contributed by atoms with Crippen LogP contribution in [0.3, 0.4) is 0 Å². The Hall–Kier alpha value is -1.59. The van der Waals surface area contributed by atoms with E-state index in [0.717, 1.165) is 50.6 Å². The first-order valence-corrected chi connectivity index (χ1v) is 8.23. The van der Waals surface area contributed by atoms with Gasteiger partial charge in [-0.2, -0.15) is 5.10 Å². The Bertz CT molecular complexity index is 590. The maximum atomic E-state index is 5.95. The number of aryl methyl sites for hydroxylation is 2. The van der Waals surface area contributed by atoms with Gasteiger partial charge in [0, 0.05) is 44.4 Å². The van der Waals surface area contributed by atoms with E-state index in [1.54, 1.807) is 0 Å². The molecule has 1 aliphatic rings. The lowest BCUT2D eigenvalue weighted by Crippen LogP contribution is -2.40. The number of aromatic nitrogens is 2. The quantitative estimate of drug-likeness (QED) is 0.823. The highest BCUT2D eigenvalue weighted by atomic mass is 16.5. The summed E-state index contributed by atoms with van der Waals surface area (Å²) in [4.78, 5) is 2.47. The lowest BCUT2D eigenvalue weighted by Gasteiger charge is -2.34. The molecule has 0 aromatic carbocycles. The average molecular weight is 303 g/mol. The SMILES string of the molecule is CCc1ccc([C@@H]2COCCN2CCc2ccnn2CC)o1. The Morgan fingerprint density at radius 3 is 2.95 bits per heavy atom. The van der Waals surface area contributed by atoms with Gasteiger partial charge in [0.2, 0.25) is 0 Å². The zero-order valence-corrected chi connectivity index (χ0v) is 13.5. The van der Waals surface area contributed by atoms with E-state index in [4.69, 9.17) is 9.15 Å². The van der Waals surface area contributed by atoms with Crippen LogP contribution in [-0.4, -0.2) is 41.0 Å². The number of morpholine rings is 1. The van der Waals surface area contributed by atoms with Crippen molar-refractivity contribution in [3.05, 3.63) is 41.6 Å². The van der Waals surface area contributed by atoms with Crippen LogP contribution < -0.4 is 0 Å². The first-order valence-electron chi connectivity index (χ1n) is 8.23. The molecule has 3 heterocycles. The van der Waals surface area contributed by atoms with Crippen molar-refractivity contribution in [2.45, 2.75) is 39.3 Å². The molecule has 1 saturated heterocycles. The molecule has 0 aliphatic carbocycles. The van der Waals surface area contributed by atoms with Gasteiger partial charge in [-0.1, -0.05) is 6.92 Å². The van der Waals surface area contributed by atoms with Gasteiger partial charge in [0.25, 0.3) is 0 Å². The standard InChI is InChI=1S/C17H25N3O2/c1-3-15-5-6-17(22-15)16-13-21-12-11-19(16)10-8-14-7-9-18-20(14)4-2/h5-7,9,16H,3-4,8,10-13H2,1-2H3/t16-/m0/s1. The van der Waals surface area contributed by atoms with Crippen LogP contribution in [0.5, 0.6) is 0 Å². The summed E-state index contributed by atoms with van der Waals surface area (Å²) >= 11 is 0. The van der Waals surface area contributed by atoms with E-state index >= 15 is 0 Å². The molecule has 0 N–H and O–H groups in total. The summed E-state index contributed by atoms with van der Waals surface area (Å²) in [5.41, 5.74) is 1.29. The van der Waals surface area contributed by atoms with E-state index in [1.807, 2.05) is 6.20 Å². The third-order valence-corrected chi connectivity index (χ3v) is 4.36. The van der Waals surface area contributed by atoms with Gasteiger partial charge < -0.3 is 9.15 Å². The predicted molar refractivity (Wildman–Crippen MR) is 84.8 cm³/mol. The molecule has 1 atom stereocenters. The van der Waals surface area contributed by atoms with E-state index in [2.05, 4.69) is 46.7 Å². The molecule has 0 amide bonds. The summed E-state index contributed by atoms with van der Waals surface area (Å²) in [5.74, 6) is 2.07. The Labute approximate surface area is 131 Å². The summed E-state index contributed by atoms with van der Waals surface area (Å²) in [7, 11) is 0. The van der Waals surface area contributed by atoms with Crippen LogP contribution in [0, 0.1) is 0 Å². The van der Waals surface area contributed by atoms with Crippen molar-refractivity contribution < 1.29 is 9.15 Å². The van der Waals surface area contributed by atoms with Crippen LogP contribution in [-0.2, 0) is 24.1 Å². The molecule has 0 unspecified atom stereocenters. The van der Waals surface area contributed by atoms with Crippen LogP contribution in [0.2, 0.25) is 0 Å². The second-order valence-electron chi connectivity index (χ2n) is 5.67. The Morgan fingerprint density at radius 1 is 1.27 bits per heavy atom. The summed E-state index contributed by atoms with van der Waals surface area (Å²) in [6.45, 7) is 8.63. The van der Waals surface area contributed by atoms with E-state index < -0.39 is 0 Å². The lowest BCUT2D eigenvalue weighted by molar-refractivity contribution is -0.0159. The summed E-state index contributed by atoms with van der Waals surface area (Å²) in [6.07, 6.45) is 3.82. The second kappa shape index (κ2) is 7.11.